The van der Waals surface area contributed by atoms with E-state index >= 15 is 0 Å². The van der Waals surface area contributed by atoms with Gasteiger partial charge in [-0.25, -0.2) is 0 Å². The van der Waals surface area contributed by atoms with Crippen molar-refractivity contribution in [2.45, 2.75) is 51.2 Å². The molecule has 9 heteroatoms. The van der Waals surface area contributed by atoms with E-state index in [1.807, 2.05) is 0 Å². The van der Waals surface area contributed by atoms with Crippen LogP contribution >= 0.6 is 0 Å². The maximum Gasteiger partial charge on any atom is 0.287 e. The molecule has 0 bridgehead atoms. The van der Waals surface area contributed by atoms with Crippen molar-refractivity contribution in [2.75, 3.05) is 6.54 Å². The summed E-state index contributed by atoms with van der Waals surface area (Å²) >= 11 is 0. The molecular formula is C24H27N3O6. The van der Waals surface area contributed by atoms with Gasteiger partial charge in [0, 0.05) is 6.04 Å². The Labute approximate surface area is 191 Å². The second-order valence-corrected chi connectivity index (χ2v) is 8.10. The van der Waals surface area contributed by atoms with Gasteiger partial charge in [-0.05, 0) is 56.2 Å². The fraction of sp³-hybridized carbons (Fsp3) is 0.375. The lowest BCUT2D eigenvalue weighted by Crippen LogP contribution is -2.48. The van der Waals surface area contributed by atoms with Crippen molar-refractivity contribution in [1.29, 1.82) is 0 Å². The molecule has 1 aliphatic carbocycles. The lowest BCUT2D eigenvalue weighted by atomic mass is 10.1. The van der Waals surface area contributed by atoms with Crippen LogP contribution in [0, 0.1) is 6.92 Å². The number of hydrogen-bond acceptors (Lipinski definition) is 6. The first-order valence-electron chi connectivity index (χ1n) is 11.0. The molecule has 2 N–H and O–H groups in total. The van der Waals surface area contributed by atoms with Gasteiger partial charge in [-0.1, -0.05) is 12.8 Å². The lowest BCUT2D eigenvalue weighted by Gasteiger charge is -2.30. The van der Waals surface area contributed by atoms with Crippen LogP contribution in [-0.2, 0) is 16.1 Å². The molecule has 3 amide bonds. The molecule has 3 aromatic rings. The van der Waals surface area contributed by atoms with Crippen molar-refractivity contribution in [3.63, 3.8) is 0 Å². The third-order valence-electron chi connectivity index (χ3n) is 5.66. The predicted molar refractivity (Wildman–Crippen MR) is 117 cm³/mol. The molecule has 33 heavy (non-hydrogen) atoms. The number of amides is 3. The van der Waals surface area contributed by atoms with Gasteiger partial charge in [0.15, 0.2) is 11.8 Å². The number of hydrogen-bond donors (Lipinski definition) is 2. The van der Waals surface area contributed by atoms with E-state index in [9.17, 15) is 14.4 Å². The van der Waals surface area contributed by atoms with Crippen LogP contribution in [0.15, 0.2) is 62.2 Å². The van der Waals surface area contributed by atoms with Crippen molar-refractivity contribution in [3.05, 3.63) is 72.0 Å². The third kappa shape index (κ3) is 5.54. The van der Waals surface area contributed by atoms with Crippen molar-refractivity contribution >= 4 is 17.7 Å². The quantitative estimate of drug-likeness (QED) is 0.513. The number of carbonyl (C=O) groups is 3. The summed E-state index contributed by atoms with van der Waals surface area (Å²) in [7, 11) is 0. The predicted octanol–water partition coefficient (Wildman–Crippen LogP) is 3.33. The van der Waals surface area contributed by atoms with Gasteiger partial charge in [-0.15, -0.1) is 0 Å². The highest BCUT2D eigenvalue weighted by molar-refractivity contribution is 5.95. The maximum absolute atomic E-state index is 13.4. The van der Waals surface area contributed by atoms with Crippen LogP contribution < -0.4 is 10.6 Å². The molecule has 9 nitrogen and oxygen atoms in total. The number of carbonyl (C=O) groups excluding carboxylic acids is 3. The van der Waals surface area contributed by atoms with Crippen molar-refractivity contribution in [1.82, 2.24) is 15.5 Å². The largest absolute Gasteiger partial charge is 0.467 e. The summed E-state index contributed by atoms with van der Waals surface area (Å²) in [5.74, 6) is 0.258. The molecule has 1 unspecified atom stereocenters. The summed E-state index contributed by atoms with van der Waals surface area (Å²) in [6, 6.07) is 9.01. The first kappa shape index (κ1) is 22.4. The highest BCUT2D eigenvalue weighted by Gasteiger charge is 2.36. The summed E-state index contributed by atoms with van der Waals surface area (Å²) in [4.78, 5) is 40.4. The molecule has 0 spiro atoms. The fourth-order valence-corrected chi connectivity index (χ4v) is 4.02. The van der Waals surface area contributed by atoms with Crippen LogP contribution in [0.4, 0.5) is 0 Å². The van der Waals surface area contributed by atoms with Gasteiger partial charge in [0.05, 0.1) is 25.6 Å². The van der Waals surface area contributed by atoms with E-state index in [0.29, 0.717) is 17.3 Å². The summed E-state index contributed by atoms with van der Waals surface area (Å²) in [5, 5.41) is 5.61. The molecule has 1 saturated carbocycles. The van der Waals surface area contributed by atoms with Gasteiger partial charge in [0.25, 0.3) is 11.8 Å². The standard InChI is InChI=1S/C24H27N3O6/c1-16-10-11-19(33-16)22(24(30)26-17-6-2-3-7-17)27(15-18-8-4-12-31-18)21(28)14-25-23(29)20-9-5-13-32-20/h4-5,8-13,17,22H,2-3,6-7,14-15H2,1H3,(H,25,29)(H,26,30). The van der Waals surface area contributed by atoms with Gasteiger partial charge in [-0.3, -0.25) is 14.4 Å². The van der Waals surface area contributed by atoms with Crippen LogP contribution in [0.1, 0.15) is 59.6 Å². The summed E-state index contributed by atoms with van der Waals surface area (Å²) < 4.78 is 16.3. The summed E-state index contributed by atoms with van der Waals surface area (Å²) in [5.41, 5.74) is 0. The SMILES string of the molecule is Cc1ccc(C(C(=O)NC2CCCC2)N(Cc2ccco2)C(=O)CNC(=O)c2ccco2)o1. The highest BCUT2D eigenvalue weighted by Crippen LogP contribution is 2.27. The Bertz CT molecular complexity index is 1060. The van der Waals surface area contributed by atoms with E-state index in [-0.39, 0.29) is 30.8 Å². The Morgan fingerprint density at radius 1 is 1.06 bits per heavy atom. The van der Waals surface area contributed by atoms with Gasteiger partial charge < -0.3 is 28.8 Å². The molecule has 3 aromatic heterocycles. The zero-order valence-corrected chi connectivity index (χ0v) is 18.4. The Balaban J connectivity index is 1.58. The molecule has 1 atom stereocenters. The van der Waals surface area contributed by atoms with E-state index in [2.05, 4.69) is 10.6 Å². The average molecular weight is 453 g/mol. The van der Waals surface area contributed by atoms with Gasteiger partial charge in [0.2, 0.25) is 5.91 Å². The lowest BCUT2D eigenvalue weighted by molar-refractivity contribution is -0.142. The van der Waals surface area contributed by atoms with Crippen LogP contribution in [-0.4, -0.2) is 35.2 Å². The third-order valence-corrected chi connectivity index (χ3v) is 5.66. The fourth-order valence-electron chi connectivity index (χ4n) is 4.02. The van der Waals surface area contributed by atoms with Gasteiger partial charge in [0.1, 0.15) is 17.3 Å². The molecule has 1 fully saturated rings. The van der Waals surface area contributed by atoms with Gasteiger partial charge in [-0.2, -0.15) is 0 Å². The zero-order valence-electron chi connectivity index (χ0n) is 18.4. The molecular weight excluding hydrogens is 426 g/mol. The van der Waals surface area contributed by atoms with Gasteiger partial charge >= 0.3 is 0 Å². The molecule has 0 aromatic carbocycles. The first-order valence-corrected chi connectivity index (χ1v) is 11.0. The number of nitrogens with zero attached hydrogens (tertiary/aromatic N) is 1. The first-order chi connectivity index (χ1) is 16.0. The molecule has 0 aliphatic heterocycles. The van der Waals surface area contributed by atoms with Crippen molar-refractivity contribution in [2.24, 2.45) is 0 Å². The number of aryl methyl sites for hydroxylation is 1. The highest BCUT2D eigenvalue weighted by atomic mass is 16.3. The van der Waals surface area contributed by atoms with Crippen molar-refractivity contribution < 1.29 is 27.6 Å². The minimum Gasteiger partial charge on any atom is -0.467 e. The van der Waals surface area contributed by atoms with E-state index < -0.39 is 17.9 Å². The second-order valence-electron chi connectivity index (χ2n) is 8.10. The second kappa shape index (κ2) is 10.2. The molecule has 1 aliphatic rings. The Kier molecular flexibility index (Phi) is 6.97. The molecule has 174 valence electrons. The minimum absolute atomic E-state index is 0.0327. The van der Waals surface area contributed by atoms with E-state index in [0.717, 1.165) is 25.7 Å². The normalized spacial score (nSPS) is 14.7. The number of rotatable bonds is 9. The molecule has 3 heterocycles. The molecule has 0 saturated heterocycles. The zero-order chi connectivity index (χ0) is 23.2. The van der Waals surface area contributed by atoms with Crippen LogP contribution in [0.3, 0.4) is 0 Å². The number of furan rings is 3. The topological polar surface area (TPSA) is 118 Å². The van der Waals surface area contributed by atoms with E-state index in [4.69, 9.17) is 13.3 Å². The van der Waals surface area contributed by atoms with Crippen molar-refractivity contribution in [3.8, 4) is 0 Å². The monoisotopic (exact) mass is 453 g/mol. The molecule has 0 radical (unpaired) electrons. The summed E-state index contributed by atoms with van der Waals surface area (Å²) in [6.07, 6.45) is 6.80. The summed E-state index contributed by atoms with van der Waals surface area (Å²) in [6.45, 7) is 1.48. The minimum atomic E-state index is -1.02. The average Bonchev–Trinajstić information content (AvgIpc) is 3.60. The van der Waals surface area contributed by atoms with E-state index in [1.165, 1.54) is 23.5 Å². The smallest absolute Gasteiger partial charge is 0.287 e. The maximum atomic E-state index is 13.4. The molecule has 4 rings (SSSR count). The van der Waals surface area contributed by atoms with Crippen LogP contribution in [0.2, 0.25) is 0 Å². The Morgan fingerprint density at radius 2 is 1.82 bits per heavy atom. The van der Waals surface area contributed by atoms with Crippen LogP contribution in [0.5, 0.6) is 0 Å². The number of nitrogens with one attached hydrogen (secondary N) is 2. The van der Waals surface area contributed by atoms with Crippen LogP contribution in [0.25, 0.3) is 0 Å². The Morgan fingerprint density at radius 3 is 2.45 bits per heavy atom. The Hall–Kier alpha value is -3.75. The van der Waals surface area contributed by atoms with E-state index in [1.54, 1.807) is 37.3 Å².